The van der Waals surface area contributed by atoms with Crippen molar-refractivity contribution in [1.82, 2.24) is 4.90 Å². The third kappa shape index (κ3) is 5.81. The molecule has 35 heavy (non-hydrogen) atoms. The van der Waals surface area contributed by atoms with Crippen molar-refractivity contribution in [2.24, 2.45) is 0 Å². The molecule has 4 rings (SSSR count). The molecule has 1 aliphatic rings. The number of hydrogen-bond donors (Lipinski definition) is 0. The van der Waals surface area contributed by atoms with Crippen molar-refractivity contribution in [2.75, 3.05) is 4.90 Å². The second kappa shape index (κ2) is 10.8. The molecule has 0 aromatic heterocycles. The van der Waals surface area contributed by atoms with Gasteiger partial charge in [-0.05, 0) is 42.3 Å². The zero-order chi connectivity index (χ0) is 24.8. The Balaban J connectivity index is 1.44. The van der Waals surface area contributed by atoms with Crippen molar-refractivity contribution in [1.29, 1.82) is 0 Å². The van der Waals surface area contributed by atoms with Gasteiger partial charge in [0.25, 0.3) is 5.91 Å². The summed E-state index contributed by atoms with van der Waals surface area (Å²) in [5.41, 5.74) is 2.58. The van der Waals surface area contributed by atoms with Gasteiger partial charge in [0.2, 0.25) is 11.8 Å². The quantitative estimate of drug-likeness (QED) is 0.365. The van der Waals surface area contributed by atoms with Gasteiger partial charge in [0.05, 0.1) is 11.3 Å². The molecule has 178 valence electrons. The number of carbonyl (C=O) groups is 4. The second-order valence-corrected chi connectivity index (χ2v) is 8.38. The van der Waals surface area contributed by atoms with Gasteiger partial charge in [-0.3, -0.25) is 19.3 Å². The fourth-order valence-electron chi connectivity index (χ4n) is 3.97. The zero-order valence-corrected chi connectivity index (χ0v) is 19.4. The van der Waals surface area contributed by atoms with Gasteiger partial charge in [-0.25, -0.2) is 4.79 Å². The van der Waals surface area contributed by atoms with Crippen LogP contribution in [0.4, 0.5) is 5.69 Å². The summed E-state index contributed by atoms with van der Waals surface area (Å²) >= 11 is 0. The van der Waals surface area contributed by atoms with E-state index in [-0.39, 0.29) is 36.1 Å². The van der Waals surface area contributed by atoms with E-state index in [9.17, 15) is 19.2 Å². The van der Waals surface area contributed by atoms with E-state index in [4.69, 9.17) is 4.74 Å². The molecule has 0 saturated carbocycles. The van der Waals surface area contributed by atoms with E-state index in [1.54, 1.807) is 11.8 Å². The lowest BCUT2D eigenvalue weighted by molar-refractivity contribution is -0.141. The van der Waals surface area contributed by atoms with Gasteiger partial charge in [-0.15, -0.1) is 0 Å². The lowest BCUT2D eigenvalue weighted by Gasteiger charge is -2.26. The SMILES string of the molecule is CC(OC(=O)c1ccc(N2C(=O)CCC2=O)cc1)C(=O)N(Cc1ccccc1)Cc1ccccc1. The van der Waals surface area contributed by atoms with Crippen LogP contribution in [0, 0.1) is 0 Å². The first kappa shape index (κ1) is 23.9. The van der Waals surface area contributed by atoms with Crippen molar-refractivity contribution in [3.05, 3.63) is 102 Å². The molecule has 0 radical (unpaired) electrons. The van der Waals surface area contributed by atoms with Crippen molar-refractivity contribution in [2.45, 2.75) is 39.0 Å². The monoisotopic (exact) mass is 470 g/mol. The van der Waals surface area contributed by atoms with Crippen LogP contribution in [0.25, 0.3) is 0 Å². The number of esters is 1. The summed E-state index contributed by atoms with van der Waals surface area (Å²) in [5.74, 6) is -1.49. The molecule has 0 N–H and O–H groups in total. The molecular weight excluding hydrogens is 444 g/mol. The van der Waals surface area contributed by atoms with Gasteiger partial charge in [-0.2, -0.15) is 0 Å². The van der Waals surface area contributed by atoms with Crippen LogP contribution in [0.1, 0.15) is 41.3 Å². The molecule has 0 bridgehead atoms. The highest BCUT2D eigenvalue weighted by Crippen LogP contribution is 2.23. The molecule has 7 nitrogen and oxygen atoms in total. The standard InChI is InChI=1S/C28H26N2O5/c1-20(35-28(34)23-12-14-24(15-13-23)30-25(31)16-17-26(30)32)27(33)29(18-21-8-4-2-5-9-21)19-22-10-6-3-7-11-22/h2-15,20H,16-19H2,1H3. The highest BCUT2D eigenvalue weighted by Gasteiger charge is 2.30. The topological polar surface area (TPSA) is 84.0 Å². The van der Waals surface area contributed by atoms with Crippen molar-refractivity contribution < 1.29 is 23.9 Å². The smallest absolute Gasteiger partial charge is 0.338 e. The first-order valence-electron chi connectivity index (χ1n) is 11.5. The first-order chi connectivity index (χ1) is 16.9. The minimum absolute atomic E-state index is 0.185. The molecule has 0 spiro atoms. The second-order valence-electron chi connectivity index (χ2n) is 8.38. The number of ether oxygens (including phenoxy) is 1. The van der Waals surface area contributed by atoms with Crippen LogP contribution in [0.2, 0.25) is 0 Å². The fourth-order valence-corrected chi connectivity index (χ4v) is 3.97. The van der Waals surface area contributed by atoms with E-state index in [1.165, 1.54) is 24.3 Å². The first-order valence-corrected chi connectivity index (χ1v) is 11.5. The van der Waals surface area contributed by atoms with Crippen LogP contribution >= 0.6 is 0 Å². The third-order valence-corrected chi connectivity index (χ3v) is 5.79. The van der Waals surface area contributed by atoms with Crippen molar-refractivity contribution in [3.8, 4) is 0 Å². The van der Waals surface area contributed by atoms with E-state index >= 15 is 0 Å². The summed E-state index contributed by atoms with van der Waals surface area (Å²) in [4.78, 5) is 52.6. The Hall–Kier alpha value is -4.26. The Morgan fingerprint density at radius 2 is 1.29 bits per heavy atom. The number of hydrogen-bond acceptors (Lipinski definition) is 5. The zero-order valence-electron chi connectivity index (χ0n) is 19.4. The van der Waals surface area contributed by atoms with Gasteiger partial charge in [0.1, 0.15) is 0 Å². The van der Waals surface area contributed by atoms with E-state index in [0.717, 1.165) is 16.0 Å². The third-order valence-electron chi connectivity index (χ3n) is 5.79. The lowest BCUT2D eigenvalue weighted by atomic mass is 10.1. The van der Waals surface area contributed by atoms with Crippen LogP contribution in [-0.4, -0.2) is 34.7 Å². The molecule has 1 aliphatic heterocycles. The Morgan fingerprint density at radius 1 is 0.800 bits per heavy atom. The Morgan fingerprint density at radius 3 is 1.77 bits per heavy atom. The summed E-state index contributed by atoms with van der Waals surface area (Å²) in [7, 11) is 0. The van der Waals surface area contributed by atoms with Crippen LogP contribution in [0.5, 0.6) is 0 Å². The number of carbonyl (C=O) groups excluding carboxylic acids is 4. The summed E-state index contributed by atoms with van der Waals surface area (Å²) in [6.45, 7) is 2.31. The number of imide groups is 1. The lowest BCUT2D eigenvalue weighted by Crippen LogP contribution is -2.39. The molecule has 1 unspecified atom stereocenters. The van der Waals surface area contributed by atoms with Crippen LogP contribution in [0.3, 0.4) is 0 Å². The molecule has 3 aromatic carbocycles. The van der Waals surface area contributed by atoms with Crippen LogP contribution in [-0.2, 0) is 32.2 Å². The average molecular weight is 471 g/mol. The number of benzene rings is 3. The molecule has 1 fully saturated rings. The minimum Gasteiger partial charge on any atom is -0.449 e. The average Bonchev–Trinajstić information content (AvgIpc) is 3.22. The molecule has 0 aliphatic carbocycles. The van der Waals surface area contributed by atoms with Gasteiger partial charge < -0.3 is 9.64 Å². The maximum absolute atomic E-state index is 13.3. The molecule has 1 atom stereocenters. The summed E-state index contributed by atoms with van der Waals surface area (Å²) < 4.78 is 5.48. The summed E-state index contributed by atoms with van der Waals surface area (Å²) in [6, 6.07) is 25.3. The van der Waals surface area contributed by atoms with Gasteiger partial charge in [0.15, 0.2) is 6.10 Å². The molecule has 7 heteroatoms. The van der Waals surface area contributed by atoms with Gasteiger partial charge in [0, 0.05) is 25.9 Å². The maximum Gasteiger partial charge on any atom is 0.338 e. The number of rotatable bonds is 8. The summed E-state index contributed by atoms with van der Waals surface area (Å²) in [5, 5.41) is 0. The highest BCUT2D eigenvalue weighted by atomic mass is 16.5. The van der Waals surface area contributed by atoms with Crippen LogP contribution in [0.15, 0.2) is 84.9 Å². The largest absolute Gasteiger partial charge is 0.449 e. The molecule has 1 saturated heterocycles. The Bertz CT molecular complexity index is 1150. The van der Waals surface area contributed by atoms with E-state index in [2.05, 4.69) is 0 Å². The molecule has 3 amide bonds. The Kier molecular flexibility index (Phi) is 7.35. The molecule has 1 heterocycles. The summed E-state index contributed by atoms with van der Waals surface area (Å²) in [6.07, 6.45) is -0.633. The van der Waals surface area contributed by atoms with Crippen LogP contribution < -0.4 is 4.90 Å². The highest BCUT2D eigenvalue weighted by molar-refractivity contribution is 6.19. The predicted molar refractivity (Wildman–Crippen MR) is 130 cm³/mol. The van der Waals surface area contributed by atoms with E-state index in [1.807, 2.05) is 60.7 Å². The van der Waals surface area contributed by atoms with Gasteiger partial charge >= 0.3 is 5.97 Å². The number of amides is 3. The minimum atomic E-state index is -1.00. The van der Waals surface area contributed by atoms with Gasteiger partial charge in [-0.1, -0.05) is 60.7 Å². The normalized spacial score (nSPS) is 14.0. The Labute approximate surface area is 203 Å². The number of anilines is 1. The van der Waals surface area contributed by atoms with E-state index in [0.29, 0.717) is 18.8 Å². The van der Waals surface area contributed by atoms with E-state index < -0.39 is 12.1 Å². The van der Waals surface area contributed by atoms with Crippen molar-refractivity contribution >= 4 is 29.4 Å². The molecule has 3 aromatic rings. The fraction of sp³-hybridized carbons (Fsp3) is 0.214. The maximum atomic E-state index is 13.3. The predicted octanol–water partition coefficient (Wildman–Crippen LogP) is 4.11. The number of nitrogens with zero attached hydrogens (tertiary/aromatic N) is 2. The molecular formula is C28H26N2O5. The van der Waals surface area contributed by atoms with Crippen molar-refractivity contribution in [3.63, 3.8) is 0 Å².